The first-order chi connectivity index (χ1) is 11.6. The summed E-state index contributed by atoms with van der Waals surface area (Å²) in [7, 11) is 0. The van der Waals surface area contributed by atoms with Gasteiger partial charge in [-0.15, -0.1) is 5.10 Å². The molecule has 0 aliphatic carbocycles. The van der Waals surface area contributed by atoms with Crippen LogP contribution in [-0.4, -0.2) is 32.9 Å². The minimum absolute atomic E-state index is 0.148. The van der Waals surface area contributed by atoms with Crippen molar-refractivity contribution in [3.05, 3.63) is 38.7 Å². The summed E-state index contributed by atoms with van der Waals surface area (Å²) in [6, 6.07) is 2.39. The van der Waals surface area contributed by atoms with Crippen molar-refractivity contribution < 1.29 is 31.5 Å². The topological polar surface area (TPSA) is 91.6 Å². The molecule has 7 nitrogen and oxygen atoms in total. The van der Waals surface area contributed by atoms with E-state index in [1.165, 1.54) is 12.1 Å². The lowest BCUT2D eigenvalue weighted by Crippen LogP contribution is -2.30. The van der Waals surface area contributed by atoms with Crippen LogP contribution in [0.15, 0.2) is 33.1 Å². The lowest BCUT2D eigenvalue weighted by molar-refractivity contribution is -0.190. The maximum Gasteiger partial charge on any atom is 0.491 e. The average molecular weight is 431 g/mol. The smallest absolute Gasteiger partial charge is 0.401 e. The van der Waals surface area contributed by atoms with E-state index in [1.54, 1.807) is 0 Å². The summed E-state index contributed by atoms with van der Waals surface area (Å²) >= 11 is 2.85. The van der Waals surface area contributed by atoms with E-state index in [0.29, 0.717) is 9.08 Å². The third-order valence-corrected chi connectivity index (χ3v) is 3.53. The first-order valence-corrected chi connectivity index (χ1v) is 7.15. The molecule has 0 saturated heterocycles. The van der Waals surface area contributed by atoms with Crippen molar-refractivity contribution in [2.45, 2.75) is 12.7 Å². The largest absolute Gasteiger partial charge is 0.491 e. The molecule has 2 heterocycles. The molecule has 0 bridgehead atoms. The number of aromatic nitrogens is 3. The molecule has 2 aromatic rings. The van der Waals surface area contributed by atoms with Gasteiger partial charge in [0.2, 0.25) is 5.88 Å². The van der Waals surface area contributed by atoms with Gasteiger partial charge in [0, 0.05) is 12.1 Å². The number of nitrogens with zero attached hydrogens (tertiary/aromatic N) is 3. The fourth-order valence-corrected chi connectivity index (χ4v) is 2.16. The molecule has 0 aliphatic heterocycles. The van der Waals surface area contributed by atoms with E-state index >= 15 is 0 Å². The van der Waals surface area contributed by atoms with E-state index in [9.17, 15) is 31.5 Å². The molecule has 136 valence electrons. The fourth-order valence-electron chi connectivity index (χ4n) is 1.77. The predicted octanol–water partition coefficient (Wildman–Crippen LogP) is 1.84. The third-order valence-electron chi connectivity index (χ3n) is 2.93. The van der Waals surface area contributed by atoms with Gasteiger partial charge in [0.05, 0.1) is 11.0 Å². The molecule has 2 N–H and O–H groups in total. The lowest BCUT2D eigenvalue weighted by atomic mass is 10.3. The van der Waals surface area contributed by atoms with Crippen molar-refractivity contribution in [2.75, 3.05) is 6.54 Å². The molecule has 0 aliphatic rings. The Labute approximate surface area is 143 Å². The number of esters is 1. The van der Waals surface area contributed by atoms with E-state index in [0.717, 1.165) is 0 Å². The summed E-state index contributed by atoms with van der Waals surface area (Å²) in [5, 5.41) is 3.70. The second-order valence-corrected chi connectivity index (χ2v) is 5.43. The predicted molar refractivity (Wildman–Crippen MR) is 77.1 cm³/mol. The van der Waals surface area contributed by atoms with Gasteiger partial charge in [0.15, 0.2) is 5.65 Å². The third kappa shape index (κ3) is 3.87. The number of halogens is 6. The highest BCUT2D eigenvalue weighted by molar-refractivity contribution is 9.10. The van der Waals surface area contributed by atoms with Crippen molar-refractivity contribution in [3.8, 4) is 5.88 Å². The summed E-state index contributed by atoms with van der Waals surface area (Å²) in [5.41, 5.74) is 3.26. The Morgan fingerprint density at radius 3 is 2.48 bits per heavy atom. The van der Waals surface area contributed by atoms with Crippen molar-refractivity contribution in [3.63, 3.8) is 0 Å². The van der Waals surface area contributed by atoms with Crippen molar-refractivity contribution in [1.82, 2.24) is 14.2 Å². The van der Waals surface area contributed by atoms with Crippen molar-refractivity contribution >= 4 is 27.5 Å². The van der Waals surface area contributed by atoms with Crippen LogP contribution >= 0.6 is 15.9 Å². The van der Waals surface area contributed by atoms with Crippen LogP contribution in [0.3, 0.4) is 0 Å². The van der Waals surface area contributed by atoms with Gasteiger partial charge in [0.25, 0.3) is 6.08 Å². The van der Waals surface area contributed by atoms with E-state index in [1.807, 2.05) is 0 Å². The minimum Gasteiger partial charge on any atom is -0.401 e. The molecule has 2 rings (SSSR count). The van der Waals surface area contributed by atoms with Crippen LogP contribution in [0.2, 0.25) is 0 Å². The zero-order chi connectivity index (χ0) is 18.9. The molecule has 13 heteroatoms. The number of alkyl halides is 3. The minimum atomic E-state index is -5.30. The average Bonchev–Trinajstić information content (AvgIpc) is 2.82. The molecule has 2 aromatic heterocycles. The molecule has 0 unspecified atom stereocenters. The Morgan fingerprint density at radius 1 is 1.32 bits per heavy atom. The molecule has 0 fully saturated rings. The van der Waals surface area contributed by atoms with Crippen LogP contribution in [0.5, 0.6) is 5.88 Å². The highest BCUT2D eigenvalue weighted by Gasteiger charge is 2.42. The van der Waals surface area contributed by atoms with Gasteiger partial charge in [-0.05, 0) is 28.1 Å². The zero-order valence-corrected chi connectivity index (χ0v) is 13.6. The van der Waals surface area contributed by atoms with Gasteiger partial charge in [-0.1, -0.05) is 0 Å². The molecule has 0 aromatic carbocycles. The lowest BCUT2D eigenvalue weighted by Gasteiger charge is -2.09. The molecule has 0 radical (unpaired) electrons. The number of pyridine rings is 1. The summed E-state index contributed by atoms with van der Waals surface area (Å²) in [6.07, 6.45) is -7.40. The van der Waals surface area contributed by atoms with Gasteiger partial charge in [-0.25, -0.2) is 18.7 Å². The molecule has 0 saturated carbocycles. The van der Waals surface area contributed by atoms with Gasteiger partial charge < -0.3 is 10.5 Å². The zero-order valence-electron chi connectivity index (χ0n) is 12.0. The Kier molecular flexibility index (Phi) is 5.27. The monoisotopic (exact) mass is 430 g/mol. The standard InChI is InChI=1S/C12H8BrF5N4O3/c13-6-1-2-7-20-21(4-5(3-19)8(14)15)11(24)22(7)9(6)25-10(23)12(16,17)18/h1-2H,3-4,19H2. The second kappa shape index (κ2) is 6.92. The van der Waals surface area contributed by atoms with Crippen LogP contribution in [0.4, 0.5) is 22.0 Å². The number of hydrogen-bond donors (Lipinski definition) is 1. The van der Waals surface area contributed by atoms with Gasteiger partial charge in [-0.3, -0.25) is 0 Å². The number of fused-ring (bicyclic) bond motifs is 1. The van der Waals surface area contributed by atoms with E-state index in [-0.39, 0.29) is 10.1 Å². The van der Waals surface area contributed by atoms with Crippen LogP contribution in [0, 0.1) is 0 Å². The first kappa shape index (κ1) is 19.1. The summed E-state index contributed by atoms with van der Waals surface area (Å²) in [6.45, 7) is -1.23. The van der Waals surface area contributed by atoms with E-state index in [2.05, 4.69) is 25.8 Å². The number of rotatable bonds is 4. The van der Waals surface area contributed by atoms with Crippen molar-refractivity contribution in [2.24, 2.45) is 5.73 Å². The van der Waals surface area contributed by atoms with Gasteiger partial charge in [-0.2, -0.15) is 22.0 Å². The summed E-state index contributed by atoms with van der Waals surface area (Å²) < 4.78 is 67.6. The Balaban J connectivity index is 2.58. The van der Waals surface area contributed by atoms with Gasteiger partial charge in [0.1, 0.15) is 0 Å². The fraction of sp³-hybridized carbons (Fsp3) is 0.250. The SMILES string of the molecule is NCC(Cn1nc2ccc(Br)c(OC(=O)C(F)(F)F)n2c1=O)=C(F)F. The van der Waals surface area contributed by atoms with Gasteiger partial charge >= 0.3 is 17.8 Å². The molecular weight excluding hydrogens is 423 g/mol. The molecule has 0 atom stereocenters. The first-order valence-electron chi connectivity index (χ1n) is 6.36. The highest BCUT2D eigenvalue weighted by atomic mass is 79.9. The number of carbonyl (C=O) groups excluding carboxylic acids is 1. The van der Waals surface area contributed by atoms with Crippen LogP contribution in [-0.2, 0) is 11.3 Å². The van der Waals surface area contributed by atoms with Crippen LogP contribution in [0.1, 0.15) is 0 Å². The number of ether oxygens (including phenoxy) is 1. The Morgan fingerprint density at radius 2 is 1.96 bits per heavy atom. The number of carbonyl (C=O) groups is 1. The van der Waals surface area contributed by atoms with E-state index < -0.39 is 48.5 Å². The molecular formula is C12H8BrF5N4O3. The summed E-state index contributed by atoms with van der Waals surface area (Å²) in [4.78, 5) is 23.3. The quantitative estimate of drug-likeness (QED) is 0.590. The molecule has 0 amide bonds. The van der Waals surface area contributed by atoms with Crippen molar-refractivity contribution in [1.29, 1.82) is 0 Å². The normalized spacial score (nSPS) is 11.6. The Hall–Kier alpha value is -2.28. The second-order valence-electron chi connectivity index (χ2n) is 4.58. The van der Waals surface area contributed by atoms with Crippen LogP contribution < -0.4 is 16.2 Å². The summed E-state index contributed by atoms with van der Waals surface area (Å²) in [5.74, 6) is -3.34. The maximum atomic E-state index is 12.7. The number of nitrogens with two attached hydrogens (primary N) is 1. The number of hydrogen-bond acceptors (Lipinski definition) is 5. The molecule has 0 spiro atoms. The highest BCUT2D eigenvalue weighted by Crippen LogP contribution is 2.27. The Bertz CT molecular complexity index is 914. The molecule has 25 heavy (non-hydrogen) atoms. The van der Waals surface area contributed by atoms with E-state index in [4.69, 9.17) is 5.73 Å². The maximum absolute atomic E-state index is 12.7. The van der Waals surface area contributed by atoms with Crippen LogP contribution in [0.25, 0.3) is 5.65 Å².